The number of carbonyl (C=O) groups is 3. The average molecular weight is 521 g/mol. The second-order valence-corrected chi connectivity index (χ2v) is 8.89. The van der Waals surface area contributed by atoms with Gasteiger partial charge in [0, 0.05) is 12.1 Å². The normalized spacial score (nSPS) is 12.8. The van der Waals surface area contributed by atoms with Crippen LogP contribution in [0, 0.1) is 11.6 Å². The van der Waals surface area contributed by atoms with Gasteiger partial charge >= 0.3 is 0 Å². The van der Waals surface area contributed by atoms with E-state index in [9.17, 15) is 28.0 Å². The standard InChI is InChI=1S/C25H21F2N7O4/c1-13(2)32-11-15-22(25(32)38)33(12-20(35)30-19-8-7-14(26)10-28-19)21-9-18(31-34(21)24(15)37)23(36)29-17-6-4-3-5-16(17)27/h3-10,13H,11-12H2,1-2H3,(H,29,36)(H,28,30,35). The Labute approximate surface area is 213 Å². The minimum atomic E-state index is -0.792. The van der Waals surface area contributed by atoms with Crippen molar-refractivity contribution in [2.24, 2.45) is 0 Å². The second-order valence-electron chi connectivity index (χ2n) is 8.89. The number of para-hydroxylation sites is 1. The molecule has 0 spiro atoms. The maximum Gasteiger partial charge on any atom is 0.280 e. The van der Waals surface area contributed by atoms with Gasteiger partial charge in [-0.05, 0) is 38.1 Å². The summed E-state index contributed by atoms with van der Waals surface area (Å²) in [5.41, 5.74) is -0.799. The monoisotopic (exact) mass is 521 g/mol. The molecule has 0 fully saturated rings. The highest BCUT2D eigenvalue weighted by Crippen LogP contribution is 2.25. The van der Waals surface area contributed by atoms with Crippen molar-refractivity contribution in [2.45, 2.75) is 33.0 Å². The van der Waals surface area contributed by atoms with Gasteiger partial charge in [0.2, 0.25) is 5.91 Å². The first-order valence-electron chi connectivity index (χ1n) is 11.6. The number of nitrogens with zero attached hydrogens (tertiary/aromatic N) is 5. The zero-order valence-electron chi connectivity index (χ0n) is 20.2. The van der Waals surface area contributed by atoms with Crippen LogP contribution in [0.15, 0.2) is 53.5 Å². The number of anilines is 2. The molecule has 0 aliphatic carbocycles. The van der Waals surface area contributed by atoms with Gasteiger partial charge in [-0.3, -0.25) is 19.2 Å². The minimum Gasteiger partial charge on any atom is -0.330 e. The Hall–Kier alpha value is -4.94. The Bertz CT molecular complexity index is 1660. The molecule has 0 radical (unpaired) electrons. The van der Waals surface area contributed by atoms with Crippen molar-refractivity contribution in [1.29, 1.82) is 0 Å². The van der Waals surface area contributed by atoms with Gasteiger partial charge in [-0.15, -0.1) is 0 Å². The van der Waals surface area contributed by atoms with Crippen LogP contribution in [-0.2, 0) is 17.9 Å². The zero-order chi connectivity index (χ0) is 27.1. The number of pyridine rings is 1. The number of fused-ring (bicyclic) bond motifs is 2. The predicted octanol–water partition coefficient (Wildman–Crippen LogP) is 2.42. The summed E-state index contributed by atoms with van der Waals surface area (Å²) in [5.74, 6) is -3.03. The highest BCUT2D eigenvalue weighted by molar-refractivity contribution is 6.04. The molecule has 194 valence electrons. The summed E-state index contributed by atoms with van der Waals surface area (Å²) in [6, 6.07) is 8.96. The number of aromatic nitrogens is 4. The molecule has 4 aromatic rings. The van der Waals surface area contributed by atoms with Crippen molar-refractivity contribution in [2.75, 3.05) is 10.6 Å². The molecule has 0 saturated carbocycles. The number of carbonyl (C=O) groups excluding carboxylic acids is 3. The molecule has 3 amide bonds. The topological polar surface area (TPSA) is 131 Å². The molecule has 0 atom stereocenters. The quantitative estimate of drug-likeness (QED) is 0.401. The SMILES string of the molecule is CC(C)N1Cc2c(n(CC(=O)Nc3ccc(F)cn3)c3cc(C(=O)Nc4ccccc4F)nn3c2=O)C1=O. The maximum absolute atomic E-state index is 14.0. The first-order chi connectivity index (χ1) is 18.1. The molecule has 0 unspecified atom stereocenters. The van der Waals surface area contributed by atoms with Crippen molar-refractivity contribution in [1.82, 2.24) is 24.1 Å². The van der Waals surface area contributed by atoms with E-state index in [0.29, 0.717) is 0 Å². The van der Waals surface area contributed by atoms with Crippen LogP contribution in [0.2, 0.25) is 0 Å². The molecule has 0 saturated heterocycles. The van der Waals surface area contributed by atoms with Crippen LogP contribution in [0.4, 0.5) is 20.3 Å². The third-order valence-corrected chi connectivity index (χ3v) is 6.04. The van der Waals surface area contributed by atoms with E-state index >= 15 is 0 Å². The number of amides is 3. The Kier molecular flexibility index (Phi) is 6.18. The van der Waals surface area contributed by atoms with Gasteiger partial charge in [-0.25, -0.2) is 13.8 Å². The van der Waals surface area contributed by atoms with Crippen LogP contribution >= 0.6 is 0 Å². The number of benzene rings is 1. The van der Waals surface area contributed by atoms with Crippen molar-refractivity contribution >= 4 is 34.9 Å². The fraction of sp³-hybridized carbons (Fsp3) is 0.200. The lowest BCUT2D eigenvalue weighted by Crippen LogP contribution is -2.32. The molecule has 11 nitrogen and oxygen atoms in total. The summed E-state index contributed by atoms with van der Waals surface area (Å²) in [7, 11) is 0. The summed E-state index contributed by atoms with van der Waals surface area (Å²) in [5, 5.41) is 9.02. The Balaban J connectivity index is 1.57. The highest BCUT2D eigenvalue weighted by Gasteiger charge is 2.36. The van der Waals surface area contributed by atoms with Gasteiger partial charge in [0.05, 0.1) is 24.0 Å². The van der Waals surface area contributed by atoms with Crippen LogP contribution in [0.3, 0.4) is 0 Å². The molecule has 1 aliphatic rings. The summed E-state index contributed by atoms with van der Waals surface area (Å²) in [6.07, 6.45) is 0.937. The van der Waals surface area contributed by atoms with Crippen LogP contribution in [-0.4, -0.2) is 47.8 Å². The molecule has 1 aliphatic heterocycles. The van der Waals surface area contributed by atoms with Crippen LogP contribution in [0.25, 0.3) is 5.65 Å². The van der Waals surface area contributed by atoms with E-state index in [-0.39, 0.29) is 46.7 Å². The smallest absolute Gasteiger partial charge is 0.280 e. The van der Waals surface area contributed by atoms with Gasteiger partial charge in [-0.1, -0.05) is 12.1 Å². The van der Waals surface area contributed by atoms with Gasteiger partial charge < -0.3 is 20.1 Å². The number of hydrogen-bond acceptors (Lipinski definition) is 6. The second kappa shape index (κ2) is 9.50. The van der Waals surface area contributed by atoms with Crippen molar-refractivity contribution in [3.05, 3.63) is 87.6 Å². The van der Waals surface area contributed by atoms with Crippen molar-refractivity contribution < 1.29 is 23.2 Å². The molecule has 5 rings (SSSR count). The van der Waals surface area contributed by atoms with E-state index < -0.39 is 41.5 Å². The Morgan fingerprint density at radius 3 is 2.53 bits per heavy atom. The lowest BCUT2D eigenvalue weighted by Gasteiger charge is -2.20. The first-order valence-corrected chi connectivity index (χ1v) is 11.6. The largest absolute Gasteiger partial charge is 0.330 e. The number of hydrogen-bond donors (Lipinski definition) is 2. The molecule has 3 aromatic heterocycles. The summed E-state index contributed by atoms with van der Waals surface area (Å²) in [4.78, 5) is 57.6. The summed E-state index contributed by atoms with van der Waals surface area (Å²) < 4.78 is 29.5. The molecule has 2 N–H and O–H groups in total. The van der Waals surface area contributed by atoms with Gasteiger partial charge in [-0.2, -0.15) is 9.61 Å². The fourth-order valence-electron chi connectivity index (χ4n) is 4.20. The van der Waals surface area contributed by atoms with E-state index in [1.807, 2.05) is 0 Å². The van der Waals surface area contributed by atoms with Crippen molar-refractivity contribution in [3.63, 3.8) is 0 Å². The summed E-state index contributed by atoms with van der Waals surface area (Å²) in [6.45, 7) is 3.14. The lowest BCUT2D eigenvalue weighted by atomic mass is 10.2. The average Bonchev–Trinajstić information content (AvgIpc) is 3.47. The van der Waals surface area contributed by atoms with Gasteiger partial charge in [0.25, 0.3) is 17.4 Å². The van der Waals surface area contributed by atoms with E-state index in [4.69, 9.17) is 0 Å². The van der Waals surface area contributed by atoms with Crippen LogP contribution in [0.5, 0.6) is 0 Å². The molecule has 4 heterocycles. The zero-order valence-corrected chi connectivity index (χ0v) is 20.2. The Morgan fingerprint density at radius 1 is 1.08 bits per heavy atom. The Morgan fingerprint density at radius 2 is 1.84 bits per heavy atom. The fourth-order valence-corrected chi connectivity index (χ4v) is 4.20. The highest BCUT2D eigenvalue weighted by atomic mass is 19.1. The van der Waals surface area contributed by atoms with Crippen molar-refractivity contribution in [3.8, 4) is 0 Å². The van der Waals surface area contributed by atoms with E-state index in [1.165, 1.54) is 45.9 Å². The van der Waals surface area contributed by atoms with Crippen LogP contribution < -0.4 is 16.2 Å². The number of halogens is 2. The molecular formula is C25H21F2N7O4. The molecular weight excluding hydrogens is 500 g/mol. The molecule has 38 heavy (non-hydrogen) atoms. The lowest BCUT2D eigenvalue weighted by molar-refractivity contribution is -0.116. The first kappa shape index (κ1) is 24.7. The van der Waals surface area contributed by atoms with Gasteiger partial charge in [0.15, 0.2) is 5.69 Å². The summed E-state index contributed by atoms with van der Waals surface area (Å²) >= 11 is 0. The third kappa shape index (κ3) is 4.38. The molecule has 13 heteroatoms. The maximum atomic E-state index is 14.0. The molecule has 0 bridgehead atoms. The predicted molar refractivity (Wildman–Crippen MR) is 132 cm³/mol. The van der Waals surface area contributed by atoms with E-state index in [0.717, 1.165) is 16.8 Å². The number of rotatable bonds is 6. The third-order valence-electron chi connectivity index (χ3n) is 6.04. The number of nitrogens with one attached hydrogen (secondary N) is 2. The van der Waals surface area contributed by atoms with Gasteiger partial charge in [0.1, 0.15) is 35.3 Å². The molecule has 1 aromatic carbocycles. The van der Waals surface area contributed by atoms with E-state index in [2.05, 4.69) is 20.7 Å². The van der Waals surface area contributed by atoms with Crippen LogP contribution in [0.1, 0.15) is 40.4 Å². The minimum absolute atomic E-state index is 0.000577. The van der Waals surface area contributed by atoms with E-state index in [1.54, 1.807) is 13.8 Å².